The van der Waals surface area contributed by atoms with Gasteiger partial charge in [0.15, 0.2) is 5.78 Å². The topological polar surface area (TPSA) is 35.5 Å². The molecule has 6 rings (SSSR count). The third-order valence-corrected chi connectivity index (χ3v) is 8.23. The standard InChI is InChI=1S/C29H34O3/c1-19-5-4-6-26(20(19)2)32-18-25-14-21(7-9-27(25)31-3)8-10-28(30)29-15-22-11-23(16-29)13-24(12-22)17-29/h4-10,14,22-24H,11-13,15-18H2,1-3H3/b10-8+. The van der Waals surface area contributed by atoms with Crippen molar-refractivity contribution in [2.24, 2.45) is 23.2 Å². The molecule has 0 saturated heterocycles. The van der Waals surface area contributed by atoms with Crippen molar-refractivity contribution in [2.45, 2.75) is 59.0 Å². The van der Waals surface area contributed by atoms with Gasteiger partial charge < -0.3 is 9.47 Å². The van der Waals surface area contributed by atoms with Crippen molar-refractivity contribution in [1.82, 2.24) is 0 Å². The predicted molar refractivity (Wildman–Crippen MR) is 128 cm³/mol. The maximum Gasteiger partial charge on any atom is 0.161 e. The van der Waals surface area contributed by atoms with Crippen molar-refractivity contribution in [1.29, 1.82) is 0 Å². The van der Waals surface area contributed by atoms with Gasteiger partial charge in [-0.05, 0) is 111 Å². The number of ketones is 1. The van der Waals surface area contributed by atoms with Crippen LogP contribution in [0.25, 0.3) is 6.08 Å². The van der Waals surface area contributed by atoms with Gasteiger partial charge in [-0.25, -0.2) is 0 Å². The molecule has 4 aliphatic carbocycles. The van der Waals surface area contributed by atoms with Gasteiger partial charge in [0.25, 0.3) is 0 Å². The molecule has 0 atom stereocenters. The smallest absolute Gasteiger partial charge is 0.161 e. The molecule has 3 heteroatoms. The number of hydrogen-bond donors (Lipinski definition) is 0. The summed E-state index contributed by atoms with van der Waals surface area (Å²) in [6, 6.07) is 12.2. The Bertz CT molecular complexity index is 1010. The highest BCUT2D eigenvalue weighted by Crippen LogP contribution is 2.60. The van der Waals surface area contributed by atoms with Crippen LogP contribution in [0.1, 0.15) is 60.8 Å². The number of allylic oxidation sites excluding steroid dienone is 1. The van der Waals surface area contributed by atoms with Crippen molar-refractivity contribution in [3.05, 3.63) is 64.7 Å². The SMILES string of the molecule is COc1ccc(/C=C/C(=O)C23CC4CC(CC(C4)C2)C3)cc1COc1cccc(C)c1C. The van der Waals surface area contributed by atoms with Crippen LogP contribution < -0.4 is 9.47 Å². The van der Waals surface area contributed by atoms with Gasteiger partial charge in [-0.15, -0.1) is 0 Å². The number of aryl methyl sites for hydroxylation is 1. The van der Waals surface area contributed by atoms with Crippen molar-refractivity contribution in [3.63, 3.8) is 0 Å². The van der Waals surface area contributed by atoms with Crippen LogP contribution in [-0.2, 0) is 11.4 Å². The molecular formula is C29H34O3. The monoisotopic (exact) mass is 430 g/mol. The summed E-state index contributed by atoms with van der Waals surface area (Å²) in [4.78, 5) is 13.3. The van der Waals surface area contributed by atoms with E-state index in [-0.39, 0.29) is 5.41 Å². The normalized spacial score (nSPS) is 28.3. The Kier molecular flexibility index (Phi) is 5.61. The fourth-order valence-corrected chi connectivity index (χ4v) is 6.81. The first-order valence-corrected chi connectivity index (χ1v) is 12.0. The quantitative estimate of drug-likeness (QED) is 0.459. The van der Waals surface area contributed by atoms with Gasteiger partial charge in [-0.2, -0.15) is 0 Å². The molecule has 4 fully saturated rings. The van der Waals surface area contributed by atoms with Gasteiger partial charge in [-0.3, -0.25) is 4.79 Å². The molecule has 0 spiro atoms. The summed E-state index contributed by atoms with van der Waals surface area (Å²) in [5, 5.41) is 0. The van der Waals surface area contributed by atoms with Crippen LogP contribution in [-0.4, -0.2) is 12.9 Å². The lowest BCUT2D eigenvalue weighted by Crippen LogP contribution is -2.49. The largest absolute Gasteiger partial charge is 0.496 e. The van der Waals surface area contributed by atoms with Gasteiger partial charge >= 0.3 is 0 Å². The lowest BCUT2D eigenvalue weighted by atomic mass is 9.48. The number of benzene rings is 2. The molecule has 0 heterocycles. The van der Waals surface area contributed by atoms with Gasteiger partial charge in [0, 0.05) is 11.0 Å². The predicted octanol–water partition coefficient (Wildman–Crippen LogP) is 6.69. The highest BCUT2D eigenvalue weighted by atomic mass is 16.5. The highest BCUT2D eigenvalue weighted by Gasteiger charge is 2.53. The Morgan fingerprint density at radius 1 is 1.00 bits per heavy atom. The maximum atomic E-state index is 13.3. The van der Waals surface area contributed by atoms with Crippen molar-refractivity contribution >= 4 is 11.9 Å². The lowest BCUT2D eigenvalue weighted by Gasteiger charge is -2.55. The summed E-state index contributed by atoms with van der Waals surface area (Å²) in [5.41, 5.74) is 4.30. The molecule has 0 aromatic heterocycles. The van der Waals surface area contributed by atoms with Gasteiger partial charge in [-0.1, -0.05) is 24.3 Å². The van der Waals surface area contributed by atoms with Crippen LogP contribution in [0.2, 0.25) is 0 Å². The zero-order valence-corrected chi connectivity index (χ0v) is 19.5. The zero-order valence-electron chi connectivity index (χ0n) is 19.5. The minimum absolute atomic E-state index is 0.0770. The van der Waals surface area contributed by atoms with E-state index in [1.807, 2.05) is 36.4 Å². The van der Waals surface area contributed by atoms with Gasteiger partial charge in [0.05, 0.1) is 7.11 Å². The average molecular weight is 431 g/mol. The molecular weight excluding hydrogens is 396 g/mol. The first kappa shape index (κ1) is 21.3. The number of methoxy groups -OCH3 is 1. The first-order chi connectivity index (χ1) is 15.5. The van der Waals surface area contributed by atoms with E-state index < -0.39 is 0 Å². The number of carbonyl (C=O) groups excluding carboxylic acids is 1. The van der Waals surface area contributed by atoms with Crippen LogP contribution >= 0.6 is 0 Å². The minimum Gasteiger partial charge on any atom is -0.496 e. The van der Waals surface area contributed by atoms with Crippen molar-refractivity contribution in [2.75, 3.05) is 7.11 Å². The number of hydrogen-bond acceptors (Lipinski definition) is 3. The van der Waals surface area contributed by atoms with E-state index in [0.717, 1.165) is 65.2 Å². The summed E-state index contributed by atoms with van der Waals surface area (Å²) in [5.74, 6) is 4.40. The van der Waals surface area contributed by atoms with Gasteiger partial charge in [0.1, 0.15) is 18.1 Å². The molecule has 32 heavy (non-hydrogen) atoms. The fourth-order valence-electron chi connectivity index (χ4n) is 6.81. The molecule has 4 aliphatic rings. The molecule has 0 radical (unpaired) electrons. The molecule has 0 N–H and O–H groups in total. The summed E-state index contributed by atoms with van der Waals surface area (Å²) < 4.78 is 11.7. The van der Waals surface area contributed by atoms with Crippen LogP contribution in [0.15, 0.2) is 42.5 Å². The van der Waals surface area contributed by atoms with E-state index in [1.165, 1.54) is 24.8 Å². The summed E-state index contributed by atoms with van der Waals surface area (Å²) >= 11 is 0. The van der Waals surface area contributed by atoms with Crippen LogP contribution in [0.5, 0.6) is 11.5 Å². The van der Waals surface area contributed by atoms with E-state index in [0.29, 0.717) is 12.4 Å². The Morgan fingerprint density at radius 2 is 1.69 bits per heavy atom. The maximum absolute atomic E-state index is 13.3. The highest BCUT2D eigenvalue weighted by molar-refractivity contribution is 5.98. The van der Waals surface area contributed by atoms with Crippen molar-refractivity contribution in [3.8, 4) is 11.5 Å². The summed E-state index contributed by atoms with van der Waals surface area (Å²) in [6.07, 6.45) is 11.3. The van der Waals surface area contributed by atoms with Crippen LogP contribution in [0.4, 0.5) is 0 Å². The molecule has 0 unspecified atom stereocenters. The van der Waals surface area contributed by atoms with E-state index in [4.69, 9.17) is 9.47 Å². The third-order valence-electron chi connectivity index (χ3n) is 8.23. The Labute approximate surface area is 191 Å². The summed E-state index contributed by atoms with van der Waals surface area (Å²) in [7, 11) is 1.68. The average Bonchev–Trinajstić information content (AvgIpc) is 2.77. The van der Waals surface area contributed by atoms with E-state index in [1.54, 1.807) is 7.11 Å². The third kappa shape index (κ3) is 3.98. The van der Waals surface area contributed by atoms with E-state index in [2.05, 4.69) is 26.0 Å². The molecule has 0 amide bonds. The summed E-state index contributed by atoms with van der Waals surface area (Å²) in [6.45, 7) is 4.60. The van der Waals surface area contributed by atoms with E-state index >= 15 is 0 Å². The lowest BCUT2D eigenvalue weighted by molar-refractivity contribution is -0.138. The zero-order chi connectivity index (χ0) is 22.3. The Balaban J connectivity index is 1.31. The van der Waals surface area contributed by atoms with Crippen LogP contribution in [0, 0.1) is 37.0 Å². The second-order valence-electron chi connectivity index (χ2n) is 10.5. The van der Waals surface area contributed by atoms with Gasteiger partial charge in [0.2, 0.25) is 0 Å². The molecule has 2 aromatic rings. The molecule has 4 bridgehead atoms. The second-order valence-corrected chi connectivity index (χ2v) is 10.5. The fraction of sp³-hybridized carbons (Fsp3) is 0.483. The molecule has 3 nitrogen and oxygen atoms in total. The number of carbonyl (C=O) groups is 1. The molecule has 2 aromatic carbocycles. The number of ether oxygens (including phenoxy) is 2. The minimum atomic E-state index is -0.0770. The van der Waals surface area contributed by atoms with Crippen LogP contribution in [0.3, 0.4) is 0 Å². The van der Waals surface area contributed by atoms with E-state index in [9.17, 15) is 4.79 Å². The number of rotatable bonds is 7. The first-order valence-electron chi connectivity index (χ1n) is 12.0. The second kappa shape index (κ2) is 8.42. The van der Waals surface area contributed by atoms with Crippen molar-refractivity contribution < 1.29 is 14.3 Å². The molecule has 4 saturated carbocycles. The Morgan fingerprint density at radius 3 is 2.34 bits per heavy atom. The Hall–Kier alpha value is -2.55. The molecule has 168 valence electrons. The molecule has 0 aliphatic heterocycles.